The number of para-hydroxylation sites is 1. The molecule has 6 nitrogen and oxygen atoms in total. The molecule has 0 aliphatic carbocycles. The number of benzene rings is 2. The Morgan fingerprint density at radius 3 is 2.56 bits per heavy atom. The normalized spacial score (nSPS) is 15.8. The quantitative estimate of drug-likeness (QED) is 0.781. The fraction of sp³-hybridized carbons (Fsp3) is 0.211. The summed E-state index contributed by atoms with van der Waals surface area (Å²) in [7, 11) is 0. The van der Waals surface area contributed by atoms with Crippen molar-refractivity contribution < 1.29 is 19.5 Å². The molecule has 0 bridgehead atoms. The number of carboxylic acids is 1. The molecule has 0 aromatic heterocycles. The lowest BCUT2D eigenvalue weighted by Crippen LogP contribution is -2.30. The molecule has 2 aromatic carbocycles. The zero-order valence-corrected chi connectivity index (χ0v) is 13.5. The van der Waals surface area contributed by atoms with Crippen molar-refractivity contribution in [3.8, 4) is 0 Å². The Kier molecular flexibility index (Phi) is 4.79. The second kappa shape index (κ2) is 7.17. The first-order valence-electron chi connectivity index (χ1n) is 8.05. The van der Waals surface area contributed by atoms with Crippen LogP contribution in [0.3, 0.4) is 0 Å². The molecule has 0 fully saturated rings. The Hall–Kier alpha value is -3.15. The largest absolute Gasteiger partial charge is 0.478 e. The fourth-order valence-corrected chi connectivity index (χ4v) is 2.87. The minimum atomic E-state index is -1.01. The van der Waals surface area contributed by atoms with Gasteiger partial charge in [0.25, 0.3) is 0 Å². The molecule has 0 radical (unpaired) electrons. The van der Waals surface area contributed by atoms with E-state index in [1.807, 2.05) is 24.3 Å². The zero-order chi connectivity index (χ0) is 17.8. The average Bonchev–Trinajstić information content (AvgIpc) is 2.60. The Morgan fingerprint density at radius 2 is 1.84 bits per heavy atom. The van der Waals surface area contributed by atoms with Crippen molar-refractivity contribution in [1.29, 1.82) is 0 Å². The minimum Gasteiger partial charge on any atom is -0.478 e. The lowest BCUT2D eigenvalue weighted by atomic mass is 9.89. The molecule has 1 aliphatic heterocycles. The van der Waals surface area contributed by atoms with E-state index in [0.29, 0.717) is 18.5 Å². The number of carbonyl (C=O) groups excluding carboxylic acids is 2. The maximum Gasteiger partial charge on any atom is 0.335 e. The Morgan fingerprint density at radius 1 is 1.12 bits per heavy atom. The monoisotopic (exact) mass is 338 g/mol. The van der Waals surface area contributed by atoms with Crippen molar-refractivity contribution in [2.75, 3.05) is 10.6 Å². The molecule has 0 spiro atoms. The number of fused-ring (bicyclic) bond motifs is 1. The van der Waals surface area contributed by atoms with E-state index in [0.717, 1.165) is 11.3 Å². The van der Waals surface area contributed by atoms with Crippen LogP contribution in [-0.2, 0) is 16.0 Å². The third kappa shape index (κ3) is 4.03. The molecule has 0 saturated heterocycles. The summed E-state index contributed by atoms with van der Waals surface area (Å²) in [6.45, 7) is 0. The highest BCUT2D eigenvalue weighted by atomic mass is 16.4. The van der Waals surface area contributed by atoms with Crippen molar-refractivity contribution in [3.63, 3.8) is 0 Å². The molecule has 2 aromatic rings. The maximum absolute atomic E-state index is 12.1. The summed E-state index contributed by atoms with van der Waals surface area (Å²) in [5.74, 6) is -1.50. The van der Waals surface area contributed by atoms with Crippen LogP contribution in [0.4, 0.5) is 11.4 Å². The van der Waals surface area contributed by atoms with Crippen LogP contribution in [0.25, 0.3) is 0 Å². The van der Waals surface area contributed by atoms with Gasteiger partial charge in [-0.05, 0) is 48.7 Å². The van der Waals surface area contributed by atoms with Gasteiger partial charge in [0.05, 0.1) is 5.56 Å². The zero-order valence-electron chi connectivity index (χ0n) is 13.5. The second-order valence-electron chi connectivity index (χ2n) is 6.02. The average molecular weight is 338 g/mol. The van der Waals surface area contributed by atoms with Crippen LogP contribution >= 0.6 is 0 Å². The molecule has 25 heavy (non-hydrogen) atoms. The topological polar surface area (TPSA) is 95.5 Å². The highest BCUT2D eigenvalue weighted by Gasteiger charge is 2.26. The van der Waals surface area contributed by atoms with Crippen molar-refractivity contribution in [1.82, 2.24) is 0 Å². The van der Waals surface area contributed by atoms with Crippen LogP contribution in [0.2, 0.25) is 0 Å². The lowest BCUT2D eigenvalue weighted by molar-refractivity contribution is -0.121. The molecule has 1 atom stereocenters. The van der Waals surface area contributed by atoms with Crippen LogP contribution in [0.5, 0.6) is 0 Å². The first kappa shape index (κ1) is 16.7. The standard InChI is InChI=1S/C19H18N2O4/c22-17(20-15-8-5-12(6-9-15)19(24)25)10-7-14-11-13-3-1-2-4-16(13)21-18(14)23/h1-6,8-9,14H,7,10-11H2,(H,20,22)(H,21,23)(H,24,25). The number of carboxylic acid groups (broad SMARTS) is 1. The van der Waals surface area contributed by atoms with Gasteiger partial charge in [-0.1, -0.05) is 18.2 Å². The van der Waals surface area contributed by atoms with Gasteiger partial charge in [0.1, 0.15) is 0 Å². The number of amides is 2. The maximum atomic E-state index is 12.1. The number of rotatable bonds is 5. The van der Waals surface area contributed by atoms with Crippen LogP contribution in [-0.4, -0.2) is 22.9 Å². The predicted octanol–water partition coefficient (Wildman–Crippen LogP) is 2.91. The van der Waals surface area contributed by atoms with Gasteiger partial charge < -0.3 is 15.7 Å². The van der Waals surface area contributed by atoms with E-state index in [-0.39, 0.29) is 29.7 Å². The highest BCUT2D eigenvalue weighted by molar-refractivity contribution is 5.96. The van der Waals surface area contributed by atoms with E-state index in [9.17, 15) is 14.4 Å². The smallest absolute Gasteiger partial charge is 0.335 e. The number of hydrogen-bond acceptors (Lipinski definition) is 3. The Labute approximate surface area is 144 Å². The van der Waals surface area contributed by atoms with Gasteiger partial charge in [-0.15, -0.1) is 0 Å². The van der Waals surface area contributed by atoms with E-state index in [4.69, 9.17) is 5.11 Å². The number of anilines is 2. The Balaban J connectivity index is 1.54. The third-order valence-electron chi connectivity index (χ3n) is 4.25. The lowest BCUT2D eigenvalue weighted by Gasteiger charge is -2.24. The van der Waals surface area contributed by atoms with E-state index in [1.54, 1.807) is 12.1 Å². The van der Waals surface area contributed by atoms with Crippen molar-refractivity contribution in [2.24, 2.45) is 5.92 Å². The number of hydrogen-bond donors (Lipinski definition) is 3. The van der Waals surface area contributed by atoms with Gasteiger partial charge in [-0.25, -0.2) is 4.79 Å². The molecule has 3 rings (SSSR count). The number of nitrogens with one attached hydrogen (secondary N) is 2. The number of carbonyl (C=O) groups is 3. The van der Waals surface area contributed by atoms with Crippen LogP contribution < -0.4 is 10.6 Å². The summed E-state index contributed by atoms with van der Waals surface area (Å²) in [6, 6.07) is 13.6. The second-order valence-corrected chi connectivity index (χ2v) is 6.02. The minimum absolute atomic E-state index is 0.0580. The van der Waals surface area contributed by atoms with Gasteiger partial charge in [0.15, 0.2) is 0 Å². The molecule has 0 saturated carbocycles. The molecule has 3 N–H and O–H groups in total. The Bertz CT molecular complexity index is 814. The summed E-state index contributed by atoms with van der Waals surface area (Å²) >= 11 is 0. The van der Waals surface area contributed by atoms with Crippen LogP contribution in [0, 0.1) is 5.92 Å². The highest BCUT2D eigenvalue weighted by Crippen LogP contribution is 2.27. The molecule has 2 amide bonds. The molecular formula is C19H18N2O4. The molecule has 1 heterocycles. The third-order valence-corrected chi connectivity index (χ3v) is 4.25. The SMILES string of the molecule is O=C(CCC1Cc2ccccc2NC1=O)Nc1ccc(C(=O)O)cc1. The molecule has 1 unspecified atom stereocenters. The van der Waals surface area contributed by atoms with Crippen molar-refractivity contribution in [3.05, 3.63) is 59.7 Å². The first-order chi connectivity index (χ1) is 12.0. The van der Waals surface area contributed by atoms with Crippen molar-refractivity contribution >= 4 is 29.2 Å². The first-order valence-corrected chi connectivity index (χ1v) is 8.05. The van der Waals surface area contributed by atoms with Gasteiger partial charge >= 0.3 is 5.97 Å². The van der Waals surface area contributed by atoms with Gasteiger partial charge in [0.2, 0.25) is 11.8 Å². The molecule has 128 valence electrons. The molecule has 6 heteroatoms. The van der Waals surface area contributed by atoms with Gasteiger partial charge in [-0.2, -0.15) is 0 Å². The summed E-state index contributed by atoms with van der Waals surface area (Å²) in [5, 5.41) is 14.4. The predicted molar refractivity (Wildman–Crippen MR) is 93.5 cm³/mol. The summed E-state index contributed by atoms with van der Waals surface area (Å²) in [6.07, 6.45) is 1.31. The van der Waals surface area contributed by atoms with E-state index in [1.165, 1.54) is 12.1 Å². The number of aromatic carboxylic acids is 1. The van der Waals surface area contributed by atoms with Crippen molar-refractivity contribution in [2.45, 2.75) is 19.3 Å². The molecule has 1 aliphatic rings. The van der Waals surface area contributed by atoms with Crippen LogP contribution in [0.1, 0.15) is 28.8 Å². The van der Waals surface area contributed by atoms with E-state index >= 15 is 0 Å². The van der Waals surface area contributed by atoms with E-state index in [2.05, 4.69) is 10.6 Å². The summed E-state index contributed by atoms with van der Waals surface area (Å²) < 4.78 is 0. The summed E-state index contributed by atoms with van der Waals surface area (Å²) in [5.41, 5.74) is 2.62. The molecular weight excluding hydrogens is 320 g/mol. The van der Waals surface area contributed by atoms with Gasteiger partial charge in [-0.3, -0.25) is 9.59 Å². The van der Waals surface area contributed by atoms with E-state index < -0.39 is 5.97 Å². The fourth-order valence-electron chi connectivity index (χ4n) is 2.87. The summed E-state index contributed by atoms with van der Waals surface area (Å²) in [4.78, 5) is 35.0. The van der Waals surface area contributed by atoms with Crippen LogP contribution in [0.15, 0.2) is 48.5 Å². The van der Waals surface area contributed by atoms with Gasteiger partial charge in [0, 0.05) is 23.7 Å².